The van der Waals surface area contributed by atoms with E-state index < -0.39 is 11.9 Å². The van der Waals surface area contributed by atoms with Crippen molar-refractivity contribution in [2.45, 2.75) is 18.3 Å². The standard InChI is InChI=1S/C13H17ClO4/c1-16-12(17-2)13(8-15)11-4-3-10(14)7-9(11)5-6-18-13/h3-4,7,12,15H,5-6,8H2,1-2H3/t13-/m1/s1. The minimum atomic E-state index is -0.984. The summed E-state index contributed by atoms with van der Waals surface area (Å²) in [5.74, 6) is 0. The van der Waals surface area contributed by atoms with Gasteiger partial charge >= 0.3 is 0 Å². The second-order valence-electron chi connectivity index (χ2n) is 4.25. The van der Waals surface area contributed by atoms with Crippen molar-refractivity contribution in [3.8, 4) is 0 Å². The van der Waals surface area contributed by atoms with Gasteiger partial charge in [0.25, 0.3) is 0 Å². The molecule has 0 bridgehead atoms. The van der Waals surface area contributed by atoms with Crippen LogP contribution >= 0.6 is 11.6 Å². The minimum absolute atomic E-state index is 0.214. The first-order valence-electron chi connectivity index (χ1n) is 5.77. The van der Waals surface area contributed by atoms with E-state index in [1.807, 2.05) is 12.1 Å². The zero-order valence-electron chi connectivity index (χ0n) is 10.5. The fourth-order valence-electron chi connectivity index (χ4n) is 2.48. The molecule has 0 amide bonds. The summed E-state index contributed by atoms with van der Waals surface area (Å²) in [6.07, 6.45) is 0.0976. The Morgan fingerprint density at radius 1 is 1.44 bits per heavy atom. The lowest BCUT2D eigenvalue weighted by Crippen LogP contribution is -2.50. The Morgan fingerprint density at radius 2 is 2.17 bits per heavy atom. The van der Waals surface area contributed by atoms with Gasteiger partial charge in [0.05, 0.1) is 13.2 Å². The molecule has 1 atom stereocenters. The van der Waals surface area contributed by atoms with E-state index in [-0.39, 0.29) is 6.61 Å². The van der Waals surface area contributed by atoms with Crippen LogP contribution in [0.5, 0.6) is 0 Å². The molecular weight excluding hydrogens is 256 g/mol. The molecule has 1 aromatic rings. The quantitative estimate of drug-likeness (QED) is 0.848. The molecule has 1 heterocycles. The molecule has 0 aliphatic carbocycles. The number of hydrogen-bond donors (Lipinski definition) is 1. The van der Waals surface area contributed by atoms with E-state index in [4.69, 9.17) is 25.8 Å². The van der Waals surface area contributed by atoms with E-state index in [1.54, 1.807) is 6.07 Å². The Balaban J connectivity index is 2.51. The molecule has 0 radical (unpaired) electrons. The molecule has 5 heteroatoms. The molecule has 0 saturated carbocycles. The third-order valence-electron chi connectivity index (χ3n) is 3.30. The van der Waals surface area contributed by atoms with Crippen LogP contribution in [-0.2, 0) is 26.2 Å². The highest BCUT2D eigenvalue weighted by Gasteiger charge is 2.45. The number of rotatable bonds is 4. The molecular formula is C13H17ClO4. The van der Waals surface area contributed by atoms with Gasteiger partial charge in [-0.15, -0.1) is 0 Å². The Bertz CT molecular complexity index is 419. The van der Waals surface area contributed by atoms with Gasteiger partial charge in [0, 0.05) is 19.2 Å². The van der Waals surface area contributed by atoms with E-state index in [0.29, 0.717) is 11.6 Å². The average molecular weight is 273 g/mol. The van der Waals surface area contributed by atoms with Gasteiger partial charge in [0.1, 0.15) is 0 Å². The van der Waals surface area contributed by atoms with Crippen LogP contribution in [0.2, 0.25) is 5.02 Å². The molecule has 0 fully saturated rings. The van der Waals surface area contributed by atoms with Gasteiger partial charge in [-0.2, -0.15) is 0 Å². The molecule has 0 unspecified atom stereocenters. The van der Waals surface area contributed by atoms with Crippen LogP contribution in [-0.4, -0.2) is 38.8 Å². The van der Waals surface area contributed by atoms with Crippen molar-refractivity contribution in [2.24, 2.45) is 0 Å². The molecule has 1 N–H and O–H groups in total. The van der Waals surface area contributed by atoms with Gasteiger partial charge in [-0.3, -0.25) is 0 Å². The molecule has 100 valence electrons. The van der Waals surface area contributed by atoms with Crippen LogP contribution in [0.25, 0.3) is 0 Å². The third kappa shape index (κ3) is 2.15. The van der Waals surface area contributed by atoms with E-state index >= 15 is 0 Å². The molecule has 1 aromatic carbocycles. The maximum Gasteiger partial charge on any atom is 0.192 e. The Morgan fingerprint density at radius 3 is 2.78 bits per heavy atom. The van der Waals surface area contributed by atoms with Crippen molar-refractivity contribution in [3.05, 3.63) is 34.3 Å². The third-order valence-corrected chi connectivity index (χ3v) is 3.53. The maximum atomic E-state index is 9.77. The number of aliphatic hydroxyl groups excluding tert-OH is 1. The summed E-state index contributed by atoms with van der Waals surface area (Å²) in [5.41, 5.74) is 0.943. The Kier molecular flexibility index (Phi) is 4.25. The van der Waals surface area contributed by atoms with Crippen LogP contribution < -0.4 is 0 Å². The number of fused-ring (bicyclic) bond motifs is 1. The van der Waals surface area contributed by atoms with Crippen molar-refractivity contribution in [1.82, 2.24) is 0 Å². The Hall–Kier alpha value is -0.650. The van der Waals surface area contributed by atoms with Gasteiger partial charge in [0.2, 0.25) is 0 Å². The zero-order chi connectivity index (χ0) is 13.2. The molecule has 0 saturated heterocycles. The maximum absolute atomic E-state index is 9.77. The van der Waals surface area contributed by atoms with Gasteiger partial charge in [-0.05, 0) is 29.7 Å². The second kappa shape index (κ2) is 5.55. The summed E-state index contributed by atoms with van der Waals surface area (Å²) in [5, 5.41) is 10.4. The highest BCUT2D eigenvalue weighted by atomic mass is 35.5. The van der Waals surface area contributed by atoms with Crippen LogP contribution in [0.4, 0.5) is 0 Å². The molecule has 1 aliphatic rings. The van der Waals surface area contributed by atoms with E-state index in [0.717, 1.165) is 17.5 Å². The number of methoxy groups -OCH3 is 2. The number of aliphatic hydroxyl groups is 1. The van der Waals surface area contributed by atoms with Gasteiger partial charge < -0.3 is 19.3 Å². The number of ether oxygens (including phenoxy) is 3. The van der Waals surface area contributed by atoms with E-state index in [1.165, 1.54) is 14.2 Å². The van der Waals surface area contributed by atoms with Crippen LogP contribution in [0.1, 0.15) is 11.1 Å². The summed E-state index contributed by atoms with van der Waals surface area (Å²) in [4.78, 5) is 0. The van der Waals surface area contributed by atoms with Crippen LogP contribution in [0.3, 0.4) is 0 Å². The molecule has 0 spiro atoms. The van der Waals surface area contributed by atoms with Crippen LogP contribution in [0.15, 0.2) is 18.2 Å². The van der Waals surface area contributed by atoms with Gasteiger partial charge in [-0.1, -0.05) is 17.7 Å². The van der Waals surface area contributed by atoms with Crippen molar-refractivity contribution >= 4 is 11.6 Å². The SMILES string of the molecule is COC(OC)[C@]1(CO)OCCc2cc(Cl)ccc21. The number of halogens is 1. The Labute approximate surface area is 111 Å². The summed E-state index contributed by atoms with van der Waals surface area (Å²) in [6, 6.07) is 5.53. The van der Waals surface area contributed by atoms with Crippen LogP contribution in [0, 0.1) is 0 Å². The lowest BCUT2D eigenvalue weighted by atomic mass is 9.86. The van der Waals surface area contributed by atoms with Crippen molar-refractivity contribution in [1.29, 1.82) is 0 Å². The van der Waals surface area contributed by atoms with E-state index in [2.05, 4.69) is 0 Å². The normalized spacial score (nSPS) is 23.2. The second-order valence-corrected chi connectivity index (χ2v) is 4.69. The number of hydrogen-bond acceptors (Lipinski definition) is 4. The molecule has 0 aromatic heterocycles. The minimum Gasteiger partial charge on any atom is -0.393 e. The zero-order valence-corrected chi connectivity index (χ0v) is 11.2. The lowest BCUT2D eigenvalue weighted by Gasteiger charge is -2.41. The molecule has 18 heavy (non-hydrogen) atoms. The highest BCUT2D eigenvalue weighted by Crippen LogP contribution is 2.38. The first-order valence-corrected chi connectivity index (χ1v) is 6.15. The summed E-state index contributed by atoms with van der Waals surface area (Å²) >= 11 is 5.99. The van der Waals surface area contributed by atoms with Gasteiger partial charge in [0.15, 0.2) is 11.9 Å². The summed E-state index contributed by atoms with van der Waals surface area (Å²) in [6.45, 7) is 0.283. The fraction of sp³-hybridized carbons (Fsp3) is 0.538. The predicted octanol–water partition coefficient (Wildman–Crippen LogP) is 1.72. The van der Waals surface area contributed by atoms with Crippen molar-refractivity contribution in [2.75, 3.05) is 27.4 Å². The highest BCUT2D eigenvalue weighted by molar-refractivity contribution is 6.30. The predicted molar refractivity (Wildman–Crippen MR) is 67.7 cm³/mol. The topological polar surface area (TPSA) is 47.9 Å². The largest absolute Gasteiger partial charge is 0.393 e. The summed E-state index contributed by atoms with van der Waals surface area (Å²) in [7, 11) is 3.05. The molecule has 1 aliphatic heterocycles. The average Bonchev–Trinajstić information content (AvgIpc) is 2.39. The fourth-order valence-corrected chi connectivity index (χ4v) is 2.67. The first-order chi connectivity index (χ1) is 8.67. The molecule has 4 nitrogen and oxygen atoms in total. The van der Waals surface area contributed by atoms with Crippen molar-refractivity contribution < 1.29 is 19.3 Å². The monoisotopic (exact) mass is 272 g/mol. The van der Waals surface area contributed by atoms with Gasteiger partial charge in [-0.25, -0.2) is 0 Å². The van der Waals surface area contributed by atoms with E-state index in [9.17, 15) is 5.11 Å². The lowest BCUT2D eigenvalue weighted by molar-refractivity contribution is -0.257. The smallest absolute Gasteiger partial charge is 0.192 e. The number of benzene rings is 1. The van der Waals surface area contributed by atoms with Crippen molar-refractivity contribution in [3.63, 3.8) is 0 Å². The molecule has 2 rings (SSSR count). The summed E-state index contributed by atoms with van der Waals surface area (Å²) < 4.78 is 16.3. The first kappa shape index (κ1) is 13.8.